The molecule has 2 N–H and O–H groups in total. The lowest BCUT2D eigenvalue weighted by molar-refractivity contribution is -0.217. The second-order valence-electron chi connectivity index (χ2n) is 7.93. The van der Waals surface area contributed by atoms with Crippen molar-refractivity contribution in [1.82, 2.24) is 4.57 Å². The number of methoxy groups -OCH3 is 1. The Bertz CT molecular complexity index is 1110. The van der Waals surface area contributed by atoms with Gasteiger partial charge in [-0.3, -0.25) is 4.79 Å². The summed E-state index contributed by atoms with van der Waals surface area (Å²) in [6.07, 6.45) is -4.65. The van der Waals surface area contributed by atoms with Gasteiger partial charge in [-0.05, 0) is 25.3 Å². The van der Waals surface area contributed by atoms with Crippen molar-refractivity contribution in [3.63, 3.8) is 0 Å². The fourth-order valence-corrected chi connectivity index (χ4v) is 4.24. The standard InChI is InChI=1S/C20H20F4N2O5/c1-31-17-14-11(16(27)12(19(29)30)8-26(14)10-2-3-10)6-13(21)15(17)25-5-4-9(7-25)18(28)20(22,23)24/h6,8-10,18,28H,2-5,7H2,1H3,(H,29,30)/t9-,18+/m1/s1. The summed E-state index contributed by atoms with van der Waals surface area (Å²) in [5, 5.41) is 18.8. The van der Waals surface area contributed by atoms with Crippen molar-refractivity contribution in [2.45, 2.75) is 37.6 Å². The highest BCUT2D eigenvalue weighted by Gasteiger charge is 2.46. The molecule has 0 amide bonds. The molecule has 0 bridgehead atoms. The lowest BCUT2D eigenvalue weighted by Gasteiger charge is -2.26. The first kappa shape index (κ1) is 21.4. The zero-order valence-electron chi connectivity index (χ0n) is 16.4. The van der Waals surface area contributed by atoms with Crippen molar-refractivity contribution < 1.29 is 37.3 Å². The second kappa shape index (κ2) is 7.40. The normalized spacial score (nSPS) is 20.3. The van der Waals surface area contributed by atoms with Gasteiger partial charge in [0.15, 0.2) is 17.7 Å². The number of carbonyl (C=O) groups is 1. The number of carboxylic acids is 1. The molecule has 168 valence electrons. The molecule has 2 aliphatic rings. The molecular formula is C20H20F4N2O5. The van der Waals surface area contributed by atoms with Crippen LogP contribution in [0.1, 0.15) is 35.7 Å². The topological polar surface area (TPSA) is 92.0 Å². The number of aromatic carboxylic acids is 1. The number of alkyl halides is 3. The Labute approximate surface area is 173 Å². The fraction of sp³-hybridized carbons (Fsp3) is 0.500. The first-order chi connectivity index (χ1) is 14.5. The number of hydrogen-bond donors (Lipinski definition) is 2. The summed E-state index contributed by atoms with van der Waals surface area (Å²) in [4.78, 5) is 25.5. The molecule has 1 aromatic carbocycles. The molecule has 2 heterocycles. The van der Waals surface area contributed by atoms with E-state index in [4.69, 9.17) is 4.74 Å². The minimum absolute atomic E-state index is 0.00527. The number of halogens is 4. The predicted molar refractivity (Wildman–Crippen MR) is 102 cm³/mol. The molecule has 2 atom stereocenters. The largest absolute Gasteiger partial charge is 0.492 e. The molecule has 1 saturated heterocycles. The summed E-state index contributed by atoms with van der Waals surface area (Å²) in [7, 11) is 1.25. The van der Waals surface area contributed by atoms with E-state index in [-0.39, 0.29) is 47.9 Å². The number of rotatable bonds is 5. The van der Waals surface area contributed by atoms with Gasteiger partial charge in [0, 0.05) is 31.2 Å². The number of anilines is 1. The van der Waals surface area contributed by atoms with E-state index in [9.17, 15) is 33.0 Å². The second-order valence-corrected chi connectivity index (χ2v) is 7.93. The van der Waals surface area contributed by atoms with Crippen molar-refractivity contribution in [1.29, 1.82) is 0 Å². The molecule has 31 heavy (non-hydrogen) atoms. The lowest BCUT2D eigenvalue weighted by Crippen LogP contribution is -2.37. The molecule has 1 aliphatic carbocycles. The number of aliphatic hydroxyl groups is 1. The maximum absolute atomic E-state index is 15.1. The van der Waals surface area contributed by atoms with Crippen molar-refractivity contribution in [2.24, 2.45) is 5.92 Å². The van der Waals surface area contributed by atoms with E-state index in [0.29, 0.717) is 0 Å². The van der Waals surface area contributed by atoms with Gasteiger partial charge in [-0.15, -0.1) is 0 Å². The van der Waals surface area contributed by atoms with Gasteiger partial charge in [-0.25, -0.2) is 9.18 Å². The van der Waals surface area contributed by atoms with Gasteiger partial charge in [0.05, 0.1) is 18.0 Å². The average Bonchev–Trinajstić information content (AvgIpc) is 3.43. The third-order valence-electron chi connectivity index (χ3n) is 5.90. The van der Waals surface area contributed by atoms with Crippen molar-refractivity contribution >= 4 is 22.6 Å². The minimum atomic E-state index is -4.79. The van der Waals surface area contributed by atoms with Gasteiger partial charge in [-0.2, -0.15) is 13.2 Å². The maximum atomic E-state index is 15.1. The third kappa shape index (κ3) is 3.60. The van der Waals surface area contributed by atoms with Gasteiger partial charge in [0.25, 0.3) is 0 Å². The fourth-order valence-electron chi connectivity index (χ4n) is 4.24. The first-order valence-corrected chi connectivity index (χ1v) is 9.73. The molecule has 0 unspecified atom stereocenters. The number of aromatic nitrogens is 1. The molecule has 11 heteroatoms. The molecule has 2 aromatic rings. The minimum Gasteiger partial charge on any atom is -0.492 e. The van der Waals surface area contributed by atoms with Crippen LogP contribution in [0.15, 0.2) is 17.1 Å². The van der Waals surface area contributed by atoms with Crippen LogP contribution in [0.2, 0.25) is 0 Å². The summed E-state index contributed by atoms with van der Waals surface area (Å²) in [6, 6.07) is 0.820. The monoisotopic (exact) mass is 444 g/mol. The van der Waals surface area contributed by atoms with Crippen LogP contribution in [0.4, 0.5) is 23.2 Å². The summed E-state index contributed by atoms with van der Waals surface area (Å²) < 4.78 is 60.8. The van der Waals surface area contributed by atoms with E-state index in [0.717, 1.165) is 18.9 Å². The average molecular weight is 444 g/mol. The number of ether oxygens (including phenoxy) is 1. The zero-order valence-corrected chi connectivity index (χ0v) is 16.4. The highest BCUT2D eigenvalue weighted by Crippen LogP contribution is 2.45. The van der Waals surface area contributed by atoms with E-state index in [1.165, 1.54) is 18.2 Å². The molecule has 1 saturated carbocycles. The highest BCUT2D eigenvalue weighted by molar-refractivity contribution is 5.97. The lowest BCUT2D eigenvalue weighted by atomic mass is 10.0. The molecular weight excluding hydrogens is 424 g/mol. The van der Waals surface area contributed by atoms with E-state index in [1.54, 1.807) is 4.57 Å². The van der Waals surface area contributed by atoms with E-state index < -0.39 is 41.0 Å². The molecule has 0 radical (unpaired) electrons. The van der Waals surface area contributed by atoms with Crippen LogP contribution in [0.3, 0.4) is 0 Å². The maximum Gasteiger partial charge on any atom is 0.414 e. The number of benzene rings is 1. The van der Waals surface area contributed by atoms with Gasteiger partial charge in [0.1, 0.15) is 11.3 Å². The van der Waals surface area contributed by atoms with Crippen molar-refractivity contribution in [3.05, 3.63) is 33.9 Å². The van der Waals surface area contributed by atoms with Crippen LogP contribution >= 0.6 is 0 Å². The summed E-state index contributed by atoms with van der Waals surface area (Å²) in [5.41, 5.74) is -1.27. The number of carboxylic acid groups (broad SMARTS) is 1. The van der Waals surface area contributed by atoms with Crippen LogP contribution in [0.5, 0.6) is 5.75 Å². The van der Waals surface area contributed by atoms with E-state index in [2.05, 4.69) is 0 Å². The highest BCUT2D eigenvalue weighted by atomic mass is 19.4. The molecule has 7 nitrogen and oxygen atoms in total. The molecule has 1 aromatic heterocycles. The SMILES string of the molecule is COc1c(N2CC[C@@H]([C@H](O)C(F)(F)F)C2)c(F)cc2c(=O)c(C(=O)O)cn(C3CC3)c12. The van der Waals surface area contributed by atoms with Crippen LogP contribution < -0.4 is 15.1 Å². The Morgan fingerprint density at radius 1 is 1.29 bits per heavy atom. The van der Waals surface area contributed by atoms with Gasteiger partial charge < -0.3 is 24.4 Å². The van der Waals surface area contributed by atoms with E-state index in [1.807, 2.05) is 0 Å². The number of aliphatic hydroxyl groups excluding tert-OH is 1. The number of fused-ring (bicyclic) bond motifs is 1. The first-order valence-electron chi connectivity index (χ1n) is 9.73. The van der Waals surface area contributed by atoms with Crippen LogP contribution in [-0.4, -0.2) is 53.2 Å². The van der Waals surface area contributed by atoms with Gasteiger partial charge in [-0.1, -0.05) is 0 Å². The van der Waals surface area contributed by atoms with Crippen LogP contribution in [0, 0.1) is 11.7 Å². The molecule has 0 spiro atoms. The van der Waals surface area contributed by atoms with Crippen molar-refractivity contribution in [2.75, 3.05) is 25.1 Å². The molecule has 2 fully saturated rings. The van der Waals surface area contributed by atoms with E-state index >= 15 is 4.39 Å². The third-order valence-corrected chi connectivity index (χ3v) is 5.90. The Balaban J connectivity index is 1.87. The quantitative estimate of drug-likeness (QED) is 0.690. The number of nitrogens with zero attached hydrogens (tertiary/aromatic N) is 2. The van der Waals surface area contributed by atoms with Crippen molar-refractivity contribution in [3.8, 4) is 5.75 Å². The molecule has 4 rings (SSSR count). The van der Waals surface area contributed by atoms with Crippen LogP contribution in [-0.2, 0) is 0 Å². The Morgan fingerprint density at radius 3 is 2.52 bits per heavy atom. The Morgan fingerprint density at radius 2 is 1.97 bits per heavy atom. The Kier molecular flexibility index (Phi) is 5.11. The zero-order chi connectivity index (χ0) is 22.7. The predicted octanol–water partition coefficient (Wildman–Crippen LogP) is 2.93. The van der Waals surface area contributed by atoms with Gasteiger partial charge >= 0.3 is 12.1 Å². The number of hydrogen-bond acceptors (Lipinski definition) is 5. The summed E-state index contributed by atoms with van der Waals surface area (Å²) in [5.74, 6) is -3.53. The van der Waals surface area contributed by atoms with Gasteiger partial charge in [0.2, 0.25) is 5.43 Å². The summed E-state index contributed by atoms with van der Waals surface area (Å²) >= 11 is 0. The van der Waals surface area contributed by atoms with Crippen LogP contribution in [0.25, 0.3) is 10.9 Å². The molecule has 1 aliphatic heterocycles. The Hall–Kier alpha value is -2.82. The number of pyridine rings is 1. The summed E-state index contributed by atoms with van der Waals surface area (Å²) in [6.45, 7) is -0.197. The smallest absolute Gasteiger partial charge is 0.414 e.